The second-order valence-electron chi connectivity index (χ2n) is 6.88. The molecule has 0 aliphatic carbocycles. The molecule has 1 amide bonds. The third-order valence-electron chi connectivity index (χ3n) is 4.96. The summed E-state index contributed by atoms with van der Waals surface area (Å²) < 4.78 is 1.69. The zero-order valence-electron chi connectivity index (χ0n) is 15.0. The van der Waals surface area contributed by atoms with Crippen molar-refractivity contribution in [1.82, 2.24) is 24.8 Å². The van der Waals surface area contributed by atoms with E-state index in [9.17, 15) is 4.79 Å². The highest BCUT2D eigenvalue weighted by Crippen LogP contribution is 2.12. The summed E-state index contributed by atoms with van der Waals surface area (Å²) in [5.41, 5.74) is 4.33. The molecule has 1 aromatic heterocycles. The smallest absolute Gasteiger partial charge is 0.244 e. The van der Waals surface area contributed by atoms with E-state index in [1.165, 1.54) is 11.1 Å². The Labute approximate surface area is 153 Å². The summed E-state index contributed by atoms with van der Waals surface area (Å²) in [5, 5.41) is 8.23. The molecule has 0 bridgehead atoms. The van der Waals surface area contributed by atoms with Gasteiger partial charge in [0.15, 0.2) is 0 Å². The molecule has 0 atom stereocenters. The molecule has 1 aliphatic heterocycles. The highest BCUT2D eigenvalue weighted by Gasteiger charge is 2.22. The maximum Gasteiger partial charge on any atom is 0.244 e. The van der Waals surface area contributed by atoms with Crippen LogP contribution in [-0.2, 0) is 17.9 Å². The summed E-state index contributed by atoms with van der Waals surface area (Å²) in [6.07, 6.45) is 0. The van der Waals surface area contributed by atoms with Gasteiger partial charge in [-0.2, -0.15) is 0 Å². The number of benzene rings is 2. The first-order valence-corrected chi connectivity index (χ1v) is 9.03. The van der Waals surface area contributed by atoms with Crippen molar-refractivity contribution < 1.29 is 4.79 Å². The second kappa shape index (κ2) is 7.25. The van der Waals surface area contributed by atoms with E-state index in [0.717, 1.165) is 43.8 Å². The number of carbonyl (C=O) groups excluding carboxylic acids is 1. The topological polar surface area (TPSA) is 54.3 Å². The third kappa shape index (κ3) is 3.60. The molecule has 0 saturated carbocycles. The molecule has 3 aromatic rings. The summed E-state index contributed by atoms with van der Waals surface area (Å²) in [4.78, 5) is 17.0. The Morgan fingerprint density at radius 2 is 1.73 bits per heavy atom. The van der Waals surface area contributed by atoms with Crippen molar-refractivity contribution in [2.45, 2.75) is 20.0 Å². The molecule has 1 fully saturated rings. The number of nitrogens with zero attached hydrogens (tertiary/aromatic N) is 5. The lowest BCUT2D eigenvalue weighted by molar-refractivity contribution is -0.133. The number of para-hydroxylation sites is 1. The van der Waals surface area contributed by atoms with Gasteiger partial charge in [0.05, 0.1) is 5.52 Å². The first kappa shape index (κ1) is 16.7. The largest absolute Gasteiger partial charge is 0.339 e. The molecule has 26 heavy (non-hydrogen) atoms. The van der Waals surface area contributed by atoms with E-state index in [0.29, 0.717) is 0 Å². The summed E-state index contributed by atoms with van der Waals surface area (Å²) in [6.45, 7) is 6.62. The maximum atomic E-state index is 12.6. The van der Waals surface area contributed by atoms with Crippen molar-refractivity contribution in [3.8, 4) is 0 Å². The van der Waals surface area contributed by atoms with Crippen LogP contribution in [0.5, 0.6) is 0 Å². The van der Waals surface area contributed by atoms with E-state index in [-0.39, 0.29) is 12.5 Å². The molecule has 4 rings (SSSR count). The van der Waals surface area contributed by atoms with E-state index in [1.54, 1.807) is 4.68 Å². The normalized spacial score (nSPS) is 15.5. The Balaban J connectivity index is 1.32. The standard InChI is InChI=1S/C20H23N5O/c1-16-6-8-17(9-7-16)14-23-10-12-24(13-11-23)20(26)15-25-19-5-3-2-4-18(19)21-22-25/h2-9H,10-15H2,1H3. The number of piperazine rings is 1. The van der Waals surface area contributed by atoms with Gasteiger partial charge in [0.25, 0.3) is 0 Å². The lowest BCUT2D eigenvalue weighted by atomic mass is 10.1. The first-order chi connectivity index (χ1) is 12.7. The van der Waals surface area contributed by atoms with E-state index >= 15 is 0 Å². The summed E-state index contributed by atoms with van der Waals surface area (Å²) in [5.74, 6) is 0.107. The number of hydrogen-bond donors (Lipinski definition) is 0. The van der Waals surface area contributed by atoms with Crippen molar-refractivity contribution >= 4 is 16.9 Å². The number of amides is 1. The van der Waals surface area contributed by atoms with Gasteiger partial charge in [-0.15, -0.1) is 5.10 Å². The predicted molar refractivity (Wildman–Crippen MR) is 101 cm³/mol. The van der Waals surface area contributed by atoms with Crippen molar-refractivity contribution in [2.75, 3.05) is 26.2 Å². The van der Waals surface area contributed by atoms with Crippen LogP contribution in [0.25, 0.3) is 11.0 Å². The fraction of sp³-hybridized carbons (Fsp3) is 0.350. The molecule has 1 saturated heterocycles. The number of hydrogen-bond acceptors (Lipinski definition) is 4. The van der Waals surface area contributed by atoms with Crippen LogP contribution in [0.3, 0.4) is 0 Å². The van der Waals surface area contributed by atoms with Gasteiger partial charge in [-0.3, -0.25) is 9.69 Å². The Bertz CT molecular complexity index is 894. The molecular formula is C20H23N5O. The quantitative estimate of drug-likeness (QED) is 0.724. The van der Waals surface area contributed by atoms with Crippen molar-refractivity contribution in [1.29, 1.82) is 0 Å². The maximum absolute atomic E-state index is 12.6. The van der Waals surface area contributed by atoms with Crippen LogP contribution < -0.4 is 0 Å². The summed E-state index contributed by atoms with van der Waals surface area (Å²) >= 11 is 0. The molecule has 6 heteroatoms. The highest BCUT2D eigenvalue weighted by atomic mass is 16.2. The zero-order valence-corrected chi connectivity index (χ0v) is 15.0. The Morgan fingerprint density at radius 1 is 1.00 bits per heavy atom. The van der Waals surface area contributed by atoms with Gasteiger partial charge >= 0.3 is 0 Å². The van der Waals surface area contributed by atoms with Gasteiger partial charge in [-0.25, -0.2) is 4.68 Å². The summed E-state index contributed by atoms with van der Waals surface area (Å²) in [7, 11) is 0. The van der Waals surface area contributed by atoms with E-state index in [4.69, 9.17) is 0 Å². The van der Waals surface area contributed by atoms with Crippen LogP contribution in [0, 0.1) is 6.92 Å². The number of aromatic nitrogens is 3. The minimum Gasteiger partial charge on any atom is -0.339 e. The van der Waals surface area contributed by atoms with Crippen molar-refractivity contribution in [2.24, 2.45) is 0 Å². The Kier molecular flexibility index (Phi) is 4.67. The van der Waals surface area contributed by atoms with Gasteiger partial charge in [0.1, 0.15) is 12.1 Å². The molecule has 0 radical (unpaired) electrons. The molecule has 0 unspecified atom stereocenters. The molecule has 134 valence electrons. The van der Waals surface area contributed by atoms with E-state index in [1.807, 2.05) is 29.2 Å². The minimum atomic E-state index is 0.107. The molecule has 2 aromatic carbocycles. The molecule has 2 heterocycles. The fourth-order valence-corrected chi connectivity index (χ4v) is 3.37. The number of rotatable bonds is 4. The van der Waals surface area contributed by atoms with Crippen LogP contribution in [0.1, 0.15) is 11.1 Å². The van der Waals surface area contributed by atoms with E-state index < -0.39 is 0 Å². The first-order valence-electron chi connectivity index (χ1n) is 9.03. The van der Waals surface area contributed by atoms with Gasteiger partial charge in [0.2, 0.25) is 5.91 Å². The van der Waals surface area contributed by atoms with Crippen LogP contribution >= 0.6 is 0 Å². The molecule has 0 spiro atoms. The molecular weight excluding hydrogens is 326 g/mol. The van der Waals surface area contributed by atoms with Gasteiger partial charge < -0.3 is 4.90 Å². The van der Waals surface area contributed by atoms with Crippen molar-refractivity contribution in [3.63, 3.8) is 0 Å². The summed E-state index contributed by atoms with van der Waals surface area (Å²) in [6, 6.07) is 16.4. The lowest BCUT2D eigenvalue weighted by Gasteiger charge is -2.34. The van der Waals surface area contributed by atoms with Gasteiger partial charge in [-0.1, -0.05) is 47.2 Å². The molecule has 6 nitrogen and oxygen atoms in total. The highest BCUT2D eigenvalue weighted by molar-refractivity contribution is 5.79. The van der Waals surface area contributed by atoms with E-state index in [2.05, 4.69) is 46.4 Å². The number of carbonyl (C=O) groups is 1. The van der Waals surface area contributed by atoms with Crippen LogP contribution in [0.15, 0.2) is 48.5 Å². The minimum absolute atomic E-state index is 0.107. The average Bonchev–Trinajstić information content (AvgIpc) is 3.07. The van der Waals surface area contributed by atoms with Crippen LogP contribution in [0.4, 0.5) is 0 Å². The van der Waals surface area contributed by atoms with Crippen LogP contribution in [0.2, 0.25) is 0 Å². The van der Waals surface area contributed by atoms with Crippen molar-refractivity contribution in [3.05, 3.63) is 59.7 Å². The molecule has 1 aliphatic rings. The zero-order chi connectivity index (χ0) is 17.9. The number of fused-ring (bicyclic) bond motifs is 1. The Hall–Kier alpha value is -2.73. The average molecular weight is 349 g/mol. The third-order valence-corrected chi connectivity index (χ3v) is 4.96. The van der Waals surface area contributed by atoms with Crippen LogP contribution in [-0.4, -0.2) is 56.9 Å². The SMILES string of the molecule is Cc1ccc(CN2CCN(C(=O)Cn3nnc4ccccc43)CC2)cc1. The Morgan fingerprint density at radius 3 is 2.50 bits per heavy atom. The molecule has 0 N–H and O–H groups in total. The fourth-order valence-electron chi connectivity index (χ4n) is 3.37. The van der Waals surface area contributed by atoms with Gasteiger partial charge in [0, 0.05) is 32.7 Å². The lowest BCUT2D eigenvalue weighted by Crippen LogP contribution is -2.49. The number of aryl methyl sites for hydroxylation is 1. The van der Waals surface area contributed by atoms with Gasteiger partial charge in [-0.05, 0) is 24.6 Å². The predicted octanol–water partition coefficient (Wildman–Crippen LogP) is 2.08. The monoisotopic (exact) mass is 349 g/mol. The second-order valence-corrected chi connectivity index (χ2v) is 6.88.